The van der Waals surface area contributed by atoms with Crippen LogP contribution in [0.2, 0.25) is 0 Å². The molecule has 0 atom stereocenters. The number of amides is 1. The van der Waals surface area contributed by atoms with Gasteiger partial charge in [0.05, 0.1) is 27.8 Å². The first kappa shape index (κ1) is 19.6. The fraction of sp³-hybridized carbons (Fsp3) is 0.529. The van der Waals surface area contributed by atoms with Gasteiger partial charge in [-0.05, 0) is 25.0 Å². The van der Waals surface area contributed by atoms with E-state index in [9.17, 15) is 9.59 Å². The van der Waals surface area contributed by atoms with Crippen molar-refractivity contribution < 1.29 is 28.9 Å². The van der Waals surface area contributed by atoms with Gasteiger partial charge in [0.2, 0.25) is 11.7 Å². The van der Waals surface area contributed by atoms with Crippen LogP contribution in [0.3, 0.4) is 0 Å². The monoisotopic (exact) mass is 339 g/mol. The number of hydrogen-bond donors (Lipinski definition) is 1. The molecule has 1 aromatic carbocycles. The molecular formula is C17H25NO6. The molecule has 7 heteroatoms. The summed E-state index contributed by atoms with van der Waals surface area (Å²) in [5.41, 5.74) is 0.831. The number of nitrogens with zero attached hydrogens (tertiary/aromatic N) is 1. The van der Waals surface area contributed by atoms with Crippen molar-refractivity contribution in [3.8, 4) is 17.2 Å². The maximum Gasteiger partial charge on any atom is 0.305 e. The van der Waals surface area contributed by atoms with E-state index in [2.05, 4.69) is 0 Å². The third-order valence-electron chi connectivity index (χ3n) is 3.72. The molecule has 0 heterocycles. The fourth-order valence-electron chi connectivity index (χ4n) is 2.45. The fourth-order valence-corrected chi connectivity index (χ4v) is 2.45. The highest BCUT2D eigenvalue weighted by Crippen LogP contribution is 2.40. The highest BCUT2D eigenvalue weighted by molar-refractivity contribution is 5.77. The Kier molecular flexibility index (Phi) is 7.88. The van der Waals surface area contributed by atoms with Crippen LogP contribution in [0.25, 0.3) is 0 Å². The number of carbonyl (C=O) groups excluding carboxylic acids is 1. The molecule has 0 saturated heterocycles. The smallest absolute Gasteiger partial charge is 0.305 e. The van der Waals surface area contributed by atoms with Crippen molar-refractivity contribution in [1.82, 2.24) is 4.90 Å². The van der Waals surface area contributed by atoms with Crippen LogP contribution < -0.4 is 14.2 Å². The van der Waals surface area contributed by atoms with E-state index in [0.29, 0.717) is 30.2 Å². The standard InChI is InChI=1S/C17H25NO6/c1-5-18(11-10-15(20)21)14(19)9-7-12-6-8-13(22-2)17(24-4)16(12)23-3/h6,8H,5,7,9-11H2,1-4H3,(H,20,21). The highest BCUT2D eigenvalue weighted by atomic mass is 16.5. The summed E-state index contributed by atoms with van der Waals surface area (Å²) in [6, 6.07) is 3.60. The van der Waals surface area contributed by atoms with E-state index >= 15 is 0 Å². The number of carbonyl (C=O) groups is 2. The van der Waals surface area contributed by atoms with Gasteiger partial charge in [0.15, 0.2) is 11.5 Å². The Morgan fingerprint density at radius 3 is 2.21 bits per heavy atom. The number of hydrogen-bond acceptors (Lipinski definition) is 5. The quantitative estimate of drug-likeness (QED) is 0.701. The molecular weight excluding hydrogens is 314 g/mol. The Labute approximate surface area is 142 Å². The van der Waals surface area contributed by atoms with Crippen molar-refractivity contribution in [1.29, 1.82) is 0 Å². The second-order valence-corrected chi connectivity index (χ2v) is 5.11. The maximum absolute atomic E-state index is 12.3. The molecule has 0 aliphatic rings. The number of aliphatic carboxylic acids is 1. The van der Waals surface area contributed by atoms with E-state index in [4.69, 9.17) is 19.3 Å². The van der Waals surface area contributed by atoms with Crippen LogP contribution >= 0.6 is 0 Å². The predicted octanol–water partition coefficient (Wildman–Crippen LogP) is 1.97. The Hall–Kier alpha value is -2.44. The summed E-state index contributed by atoms with van der Waals surface area (Å²) in [6.07, 6.45) is 0.671. The van der Waals surface area contributed by atoms with Crippen molar-refractivity contribution in [2.24, 2.45) is 0 Å². The number of rotatable bonds is 10. The van der Waals surface area contributed by atoms with Gasteiger partial charge in [0.1, 0.15) is 0 Å². The molecule has 1 N–H and O–H groups in total. The molecule has 1 rings (SSSR count). The topological polar surface area (TPSA) is 85.3 Å². The van der Waals surface area contributed by atoms with Gasteiger partial charge in [0, 0.05) is 19.5 Å². The molecule has 0 aliphatic heterocycles. The van der Waals surface area contributed by atoms with Gasteiger partial charge in [-0.3, -0.25) is 9.59 Å². The van der Waals surface area contributed by atoms with Crippen molar-refractivity contribution in [2.75, 3.05) is 34.4 Å². The summed E-state index contributed by atoms with van der Waals surface area (Å²) in [6.45, 7) is 2.53. The summed E-state index contributed by atoms with van der Waals surface area (Å²) in [4.78, 5) is 24.5. The first-order valence-corrected chi connectivity index (χ1v) is 7.75. The number of methoxy groups -OCH3 is 3. The summed E-state index contributed by atoms with van der Waals surface area (Å²) in [5.74, 6) is 0.584. The molecule has 0 aliphatic carbocycles. The van der Waals surface area contributed by atoms with Crippen molar-refractivity contribution in [3.05, 3.63) is 17.7 Å². The van der Waals surface area contributed by atoms with Crippen LogP contribution in [0.15, 0.2) is 12.1 Å². The second kappa shape index (κ2) is 9.64. The second-order valence-electron chi connectivity index (χ2n) is 5.11. The van der Waals surface area contributed by atoms with E-state index in [1.54, 1.807) is 18.1 Å². The minimum Gasteiger partial charge on any atom is -0.493 e. The number of ether oxygens (including phenoxy) is 3. The van der Waals surface area contributed by atoms with E-state index in [1.807, 2.05) is 13.0 Å². The SMILES string of the molecule is CCN(CCC(=O)O)C(=O)CCc1ccc(OC)c(OC)c1OC. The molecule has 1 amide bonds. The zero-order valence-electron chi connectivity index (χ0n) is 14.6. The summed E-state index contributed by atoms with van der Waals surface area (Å²) in [7, 11) is 4.61. The van der Waals surface area contributed by atoms with Gasteiger partial charge in [-0.1, -0.05) is 6.07 Å². The first-order chi connectivity index (χ1) is 11.5. The zero-order valence-corrected chi connectivity index (χ0v) is 14.6. The van der Waals surface area contributed by atoms with Gasteiger partial charge in [-0.25, -0.2) is 0 Å². The number of carboxylic acids is 1. The molecule has 1 aromatic rings. The van der Waals surface area contributed by atoms with E-state index in [1.165, 1.54) is 14.2 Å². The van der Waals surface area contributed by atoms with Gasteiger partial charge >= 0.3 is 5.97 Å². The van der Waals surface area contributed by atoms with Crippen molar-refractivity contribution in [3.63, 3.8) is 0 Å². The summed E-state index contributed by atoms with van der Waals surface area (Å²) >= 11 is 0. The highest BCUT2D eigenvalue weighted by Gasteiger charge is 2.18. The minimum atomic E-state index is -0.914. The number of aryl methyl sites for hydroxylation is 1. The third kappa shape index (κ3) is 5.04. The average Bonchev–Trinajstić information content (AvgIpc) is 2.58. The molecule has 7 nitrogen and oxygen atoms in total. The van der Waals surface area contributed by atoms with Crippen LogP contribution in [0.5, 0.6) is 17.2 Å². The summed E-state index contributed by atoms with van der Waals surface area (Å²) in [5, 5.41) is 8.74. The Morgan fingerprint density at radius 1 is 1.04 bits per heavy atom. The van der Waals surface area contributed by atoms with Gasteiger partial charge in [-0.2, -0.15) is 0 Å². The molecule has 0 radical (unpaired) electrons. The van der Waals surface area contributed by atoms with Crippen LogP contribution in [0, 0.1) is 0 Å². The lowest BCUT2D eigenvalue weighted by Gasteiger charge is -2.20. The zero-order chi connectivity index (χ0) is 18.1. The normalized spacial score (nSPS) is 10.2. The van der Waals surface area contributed by atoms with Crippen LogP contribution in [0.4, 0.5) is 0 Å². The number of carboxylic acid groups (broad SMARTS) is 1. The Morgan fingerprint density at radius 2 is 1.71 bits per heavy atom. The van der Waals surface area contributed by atoms with Gasteiger partial charge in [-0.15, -0.1) is 0 Å². The molecule has 134 valence electrons. The van der Waals surface area contributed by atoms with Crippen LogP contribution in [0.1, 0.15) is 25.3 Å². The molecule has 24 heavy (non-hydrogen) atoms. The van der Waals surface area contributed by atoms with Crippen molar-refractivity contribution >= 4 is 11.9 Å². The Bertz CT molecular complexity index is 572. The molecule has 0 spiro atoms. The lowest BCUT2D eigenvalue weighted by molar-refractivity contribution is -0.138. The van der Waals surface area contributed by atoms with Crippen molar-refractivity contribution in [2.45, 2.75) is 26.2 Å². The largest absolute Gasteiger partial charge is 0.493 e. The first-order valence-electron chi connectivity index (χ1n) is 7.75. The molecule has 0 saturated carbocycles. The lowest BCUT2D eigenvalue weighted by Crippen LogP contribution is -2.33. The molecule has 0 aromatic heterocycles. The Balaban J connectivity index is 2.82. The lowest BCUT2D eigenvalue weighted by atomic mass is 10.1. The van der Waals surface area contributed by atoms with Crippen LogP contribution in [-0.4, -0.2) is 56.3 Å². The third-order valence-corrected chi connectivity index (χ3v) is 3.72. The van der Waals surface area contributed by atoms with Gasteiger partial charge in [0.25, 0.3) is 0 Å². The maximum atomic E-state index is 12.3. The van der Waals surface area contributed by atoms with E-state index in [-0.39, 0.29) is 25.3 Å². The van der Waals surface area contributed by atoms with E-state index < -0.39 is 5.97 Å². The van der Waals surface area contributed by atoms with Crippen LogP contribution in [-0.2, 0) is 16.0 Å². The number of benzene rings is 1. The molecule has 0 unspecified atom stereocenters. The average molecular weight is 339 g/mol. The minimum absolute atomic E-state index is 0.0563. The van der Waals surface area contributed by atoms with Gasteiger partial charge < -0.3 is 24.2 Å². The summed E-state index contributed by atoms with van der Waals surface area (Å²) < 4.78 is 16.0. The molecule has 0 fully saturated rings. The molecule has 0 bridgehead atoms. The predicted molar refractivity (Wildman–Crippen MR) is 88.9 cm³/mol. The van der Waals surface area contributed by atoms with E-state index in [0.717, 1.165) is 5.56 Å².